The summed E-state index contributed by atoms with van der Waals surface area (Å²) in [5.74, 6) is -1.08. The average Bonchev–Trinajstić information content (AvgIpc) is 2.23. The summed E-state index contributed by atoms with van der Waals surface area (Å²) in [4.78, 5) is 11.0. The minimum absolute atomic E-state index is 0.0574. The Morgan fingerprint density at radius 3 is 2.71 bits per heavy atom. The highest BCUT2D eigenvalue weighted by Gasteiger charge is 2.30. The Balaban J connectivity index is 2.75. The van der Waals surface area contributed by atoms with Crippen molar-refractivity contribution in [1.29, 1.82) is 0 Å². The Bertz CT molecular complexity index is 592. The molecule has 0 radical (unpaired) electrons. The topological polar surface area (TPSA) is 71.4 Å². The van der Waals surface area contributed by atoms with Crippen LogP contribution in [0.2, 0.25) is 5.02 Å². The summed E-state index contributed by atoms with van der Waals surface area (Å²) in [5.41, 5.74) is 0.453. The van der Waals surface area contributed by atoms with Crippen molar-refractivity contribution in [2.24, 2.45) is 0 Å². The van der Waals surface area contributed by atoms with Gasteiger partial charge in [0.2, 0.25) is 0 Å². The lowest BCUT2D eigenvalue weighted by Crippen LogP contribution is -2.19. The van der Waals surface area contributed by atoms with Crippen LogP contribution >= 0.6 is 11.6 Å². The highest BCUT2D eigenvalue weighted by atomic mass is 35.5. The maximum Gasteiger partial charge on any atom is 0.337 e. The first-order chi connectivity index (χ1) is 7.83. The summed E-state index contributed by atoms with van der Waals surface area (Å²) in [7, 11) is -3.37. The van der Waals surface area contributed by atoms with Crippen LogP contribution < -0.4 is 0 Å². The molecule has 1 atom stereocenters. The molecular formula is C11H11ClO4S. The molecule has 1 unspecified atom stereocenters. The quantitative estimate of drug-likeness (QED) is 0.853. The molecule has 92 valence electrons. The van der Waals surface area contributed by atoms with Crippen LogP contribution in [0, 0.1) is 0 Å². The second kappa shape index (κ2) is 3.99. The van der Waals surface area contributed by atoms with Crippen LogP contribution in [0.5, 0.6) is 0 Å². The zero-order chi connectivity index (χ0) is 12.8. The van der Waals surface area contributed by atoms with Gasteiger partial charge < -0.3 is 5.11 Å². The molecule has 1 aromatic carbocycles. The minimum atomic E-state index is -3.37. The van der Waals surface area contributed by atoms with Crippen molar-refractivity contribution >= 4 is 27.4 Å². The molecule has 0 spiro atoms. The summed E-state index contributed by atoms with van der Waals surface area (Å²) in [6.45, 7) is 1.91. The molecule has 1 heterocycles. The second-order valence-corrected chi connectivity index (χ2v) is 6.67. The third-order valence-electron chi connectivity index (χ3n) is 3.02. The van der Waals surface area contributed by atoms with Crippen LogP contribution in [0.15, 0.2) is 17.0 Å². The zero-order valence-electron chi connectivity index (χ0n) is 9.10. The molecular weight excluding hydrogens is 264 g/mol. The van der Waals surface area contributed by atoms with Crippen LogP contribution in [0.4, 0.5) is 0 Å². The van der Waals surface area contributed by atoms with Crippen molar-refractivity contribution in [3.8, 4) is 0 Å². The molecule has 4 nitrogen and oxygen atoms in total. The summed E-state index contributed by atoms with van der Waals surface area (Å²) in [6.07, 6.45) is 0.540. The first kappa shape index (κ1) is 12.4. The first-order valence-corrected chi connectivity index (χ1v) is 7.15. The Morgan fingerprint density at radius 2 is 2.12 bits per heavy atom. The standard InChI is InChI=1S/C11H11ClO4S/c1-6-2-3-17(15,16)10-5-8(11(13)14)9(12)4-7(6)10/h4-6H,2-3H2,1H3,(H,13,14). The SMILES string of the molecule is CC1CCS(=O)(=O)c2cc(C(=O)O)c(Cl)cc21. The molecule has 0 aromatic heterocycles. The fourth-order valence-corrected chi connectivity index (χ4v) is 4.04. The van der Waals surface area contributed by atoms with Gasteiger partial charge in [0.05, 0.1) is 21.2 Å². The lowest BCUT2D eigenvalue weighted by Gasteiger charge is -2.23. The molecule has 17 heavy (non-hydrogen) atoms. The number of aromatic carboxylic acids is 1. The highest BCUT2D eigenvalue weighted by molar-refractivity contribution is 7.91. The summed E-state index contributed by atoms with van der Waals surface area (Å²) < 4.78 is 23.7. The molecule has 0 amide bonds. The van der Waals surface area contributed by atoms with E-state index in [2.05, 4.69) is 0 Å². The van der Waals surface area contributed by atoms with Crippen molar-refractivity contribution < 1.29 is 18.3 Å². The Labute approximate surface area is 104 Å². The monoisotopic (exact) mass is 274 g/mol. The third-order valence-corrected chi connectivity index (χ3v) is 5.12. The Kier molecular flexibility index (Phi) is 2.91. The number of carboxylic acids is 1. The van der Waals surface area contributed by atoms with Gasteiger partial charge in [0.15, 0.2) is 9.84 Å². The maximum atomic E-state index is 11.9. The summed E-state index contributed by atoms with van der Waals surface area (Å²) in [6, 6.07) is 2.63. The van der Waals surface area contributed by atoms with Gasteiger partial charge in [0, 0.05) is 0 Å². The minimum Gasteiger partial charge on any atom is -0.478 e. The molecule has 2 rings (SSSR count). The second-order valence-electron chi connectivity index (χ2n) is 4.18. The van der Waals surface area contributed by atoms with Gasteiger partial charge in [-0.3, -0.25) is 0 Å². The molecule has 1 aromatic rings. The third kappa shape index (κ3) is 2.05. The molecule has 0 aliphatic carbocycles. The number of rotatable bonds is 1. The van der Waals surface area contributed by atoms with Gasteiger partial charge in [0.1, 0.15) is 0 Å². The van der Waals surface area contributed by atoms with Crippen molar-refractivity contribution in [2.45, 2.75) is 24.2 Å². The first-order valence-electron chi connectivity index (χ1n) is 5.12. The van der Waals surface area contributed by atoms with E-state index in [1.54, 1.807) is 0 Å². The van der Waals surface area contributed by atoms with Crippen LogP contribution in [0.25, 0.3) is 0 Å². The van der Waals surface area contributed by atoms with E-state index in [9.17, 15) is 13.2 Å². The van der Waals surface area contributed by atoms with Gasteiger partial charge in [-0.25, -0.2) is 13.2 Å². The van der Waals surface area contributed by atoms with E-state index in [-0.39, 0.29) is 27.2 Å². The van der Waals surface area contributed by atoms with Crippen LogP contribution in [-0.2, 0) is 9.84 Å². The molecule has 0 saturated heterocycles. The largest absolute Gasteiger partial charge is 0.478 e. The van der Waals surface area contributed by atoms with E-state index in [0.717, 1.165) is 0 Å². The van der Waals surface area contributed by atoms with Crippen molar-refractivity contribution in [3.63, 3.8) is 0 Å². The number of hydrogen-bond acceptors (Lipinski definition) is 3. The van der Waals surface area contributed by atoms with Gasteiger partial charge in [-0.2, -0.15) is 0 Å². The number of carboxylic acid groups (broad SMARTS) is 1. The van der Waals surface area contributed by atoms with E-state index in [0.29, 0.717) is 12.0 Å². The van der Waals surface area contributed by atoms with E-state index >= 15 is 0 Å². The van der Waals surface area contributed by atoms with E-state index in [4.69, 9.17) is 16.7 Å². The number of halogens is 1. The number of benzene rings is 1. The van der Waals surface area contributed by atoms with E-state index < -0.39 is 15.8 Å². The molecule has 6 heteroatoms. The van der Waals surface area contributed by atoms with Crippen LogP contribution in [0.1, 0.15) is 35.2 Å². The van der Waals surface area contributed by atoms with Gasteiger partial charge in [-0.05, 0) is 30.0 Å². The predicted molar refractivity (Wildman–Crippen MR) is 63.5 cm³/mol. The molecule has 1 aliphatic rings. The smallest absolute Gasteiger partial charge is 0.337 e. The fourth-order valence-electron chi connectivity index (χ4n) is 1.98. The molecule has 0 saturated carbocycles. The zero-order valence-corrected chi connectivity index (χ0v) is 10.7. The molecule has 1 N–H and O–H groups in total. The van der Waals surface area contributed by atoms with E-state index in [1.165, 1.54) is 12.1 Å². The van der Waals surface area contributed by atoms with Gasteiger partial charge in [-0.15, -0.1) is 0 Å². The number of fused-ring (bicyclic) bond motifs is 1. The molecule has 0 fully saturated rings. The Hall–Kier alpha value is -1.07. The van der Waals surface area contributed by atoms with Crippen molar-refractivity contribution in [2.75, 3.05) is 5.75 Å². The van der Waals surface area contributed by atoms with Crippen LogP contribution in [-0.4, -0.2) is 25.2 Å². The van der Waals surface area contributed by atoms with Gasteiger partial charge in [-0.1, -0.05) is 18.5 Å². The molecule has 1 aliphatic heterocycles. The summed E-state index contributed by atoms with van der Waals surface area (Å²) >= 11 is 5.84. The van der Waals surface area contributed by atoms with Gasteiger partial charge >= 0.3 is 5.97 Å². The van der Waals surface area contributed by atoms with Crippen LogP contribution in [0.3, 0.4) is 0 Å². The number of sulfone groups is 1. The van der Waals surface area contributed by atoms with Crippen molar-refractivity contribution in [3.05, 3.63) is 28.3 Å². The maximum absolute atomic E-state index is 11.9. The normalized spacial score (nSPS) is 21.9. The fraction of sp³-hybridized carbons (Fsp3) is 0.364. The summed E-state index contributed by atoms with van der Waals surface area (Å²) in [5, 5.41) is 9.01. The van der Waals surface area contributed by atoms with E-state index in [1.807, 2.05) is 6.92 Å². The average molecular weight is 275 g/mol. The van der Waals surface area contributed by atoms with Crippen molar-refractivity contribution in [1.82, 2.24) is 0 Å². The lowest BCUT2D eigenvalue weighted by molar-refractivity contribution is 0.0697. The highest BCUT2D eigenvalue weighted by Crippen LogP contribution is 2.36. The lowest BCUT2D eigenvalue weighted by atomic mass is 9.97. The number of hydrogen-bond donors (Lipinski definition) is 1. The van der Waals surface area contributed by atoms with Gasteiger partial charge in [0.25, 0.3) is 0 Å². The Morgan fingerprint density at radius 1 is 1.47 bits per heavy atom. The molecule has 0 bridgehead atoms. The number of carbonyl (C=O) groups is 1. The predicted octanol–water partition coefficient (Wildman–Crippen LogP) is 2.32.